The molecule has 0 unspecified atom stereocenters. The van der Waals surface area contributed by atoms with Crippen molar-refractivity contribution in [1.29, 1.82) is 5.26 Å². The Morgan fingerprint density at radius 2 is 2.00 bits per heavy atom. The number of hydrogen-bond donors (Lipinski definition) is 2. The average molecular weight is 241 g/mol. The number of carboxylic acid groups (broad SMARTS) is 1. The van der Waals surface area contributed by atoms with Crippen LogP contribution in [0.2, 0.25) is 0 Å². The van der Waals surface area contributed by atoms with Gasteiger partial charge in [0.25, 0.3) is 0 Å². The maximum Gasteiger partial charge on any atom is 0.415 e. The lowest BCUT2D eigenvalue weighted by atomic mass is 10.1. The number of nitriles is 1. The molecule has 0 aromatic heterocycles. The summed E-state index contributed by atoms with van der Waals surface area (Å²) in [4.78, 5) is 23.3. The van der Waals surface area contributed by atoms with Crippen LogP contribution in [0.3, 0.4) is 0 Å². The van der Waals surface area contributed by atoms with Gasteiger partial charge in [-0.05, 0) is 26.2 Å². The van der Waals surface area contributed by atoms with Gasteiger partial charge in [-0.25, -0.2) is 14.5 Å². The van der Waals surface area contributed by atoms with E-state index in [-0.39, 0.29) is 6.54 Å². The van der Waals surface area contributed by atoms with Crippen LogP contribution in [0.25, 0.3) is 0 Å². The molecule has 0 aromatic carbocycles. The zero-order valence-corrected chi connectivity index (χ0v) is 10.6. The fourth-order valence-corrected chi connectivity index (χ4v) is 1.03. The van der Waals surface area contributed by atoms with Crippen LogP contribution in [0, 0.1) is 17.2 Å². The van der Waals surface area contributed by atoms with E-state index in [0.29, 0.717) is 17.2 Å². The number of amides is 3. The highest BCUT2D eigenvalue weighted by atomic mass is 16.4. The van der Waals surface area contributed by atoms with Crippen molar-refractivity contribution in [2.45, 2.75) is 39.7 Å². The summed E-state index contributed by atoms with van der Waals surface area (Å²) < 4.78 is 0. The van der Waals surface area contributed by atoms with E-state index in [1.165, 1.54) is 13.8 Å². The van der Waals surface area contributed by atoms with Crippen LogP contribution in [0.15, 0.2) is 0 Å². The number of carbonyl (C=O) groups excluding carboxylic acids is 1. The third-order valence-electron chi connectivity index (χ3n) is 2.11. The van der Waals surface area contributed by atoms with Gasteiger partial charge in [-0.1, -0.05) is 13.8 Å². The molecule has 3 amide bonds. The lowest BCUT2D eigenvalue weighted by Gasteiger charge is -2.24. The molecule has 0 aliphatic carbocycles. The summed E-state index contributed by atoms with van der Waals surface area (Å²) in [5, 5.41) is 20.0. The molecule has 0 aliphatic heterocycles. The second-order valence-corrected chi connectivity index (χ2v) is 4.78. The number of nitrogens with zero attached hydrogens (tertiary/aromatic N) is 2. The van der Waals surface area contributed by atoms with Crippen molar-refractivity contribution in [3.8, 4) is 6.07 Å². The van der Waals surface area contributed by atoms with Crippen molar-refractivity contribution in [3.63, 3.8) is 0 Å². The third kappa shape index (κ3) is 5.76. The molecule has 0 radical (unpaired) electrons. The van der Waals surface area contributed by atoms with Crippen LogP contribution in [0.1, 0.15) is 34.1 Å². The van der Waals surface area contributed by atoms with E-state index >= 15 is 0 Å². The van der Waals surface area contributed by atoms with Gasteiger partial charge >= 0.3 is 12.1 Å². The second kappa shape index (κ2) is 6.09. The van der Waals surface area contributed by atoms with Crippen LogP contribution in [0.4, 0.5) is 9.59 Å². The van der Waals surface area contributed by atoms with Gasteiger partial charge in [0.15, 0.2) is 0 Å². The highest BCUT2D eigenvalue weighted by Gasteiger charge is 2.26. The molecule has 0 atom stereocenters. The zero-order chi connectivity index (χ0) is 13.6. The van der Waals surface area contributed by atoms with Crippen LogP contribution in [0.5, 0.6) is 0 Å². The summed E-state index contributed by atoms with van der Waals surface area (Å²) >= 11 is 0. The van der Waals surface area contributed by atoms with E-state index in [1.54, 1.807) is 0 Å². The number of urea groups is 1. The highest BCUT2D eigenvalue weighted by molar-refractivity contribution is 5.90. The molecule has 17 heavy (non-hydrogen) atoms. The SMILES string of the molecule is CC(C)CCN(C(=O)O)C(=O)NC(C)(C)C#N. The van der Waals surface area contributed by atoms with Crippen LogP contribution in [-0.2, 0) is 0 Å². The lowest BCUT2D eigenvalue weighted by molar-refractivity contribution is 0.144. The Bertz CT molecular complexity index is 331. The fourth-order valence-electron chi connectivity index (χ4n) is 1.03. The largest absolute Gasteiger partial charge is 0.465 e. The molecule has 0 saturated carbocycles. The lowest BCUT2D eigenvalue weighted by Crippen LogP contribution is -2.51. The van der Waals surface area contributed by atoms with E-state index in [2.05, 4.69) is 5.32 Å². The Morgan fingerprint density at radius 1 is 1.47 bits per heavy atom. The molecule has 0 heterocycles. The predicted molar refractivity (Wildman–Crippen MR) is 62.4 cm³/mol. The summed E-state index contributed by atoms with van der Waals surface area (Å²) in [5.74, 6) is 0.300. The van der Waals surface area contributed by atoms with Crippen LogP contribution < -0.4 is 5.32 Å². The Balaban J connectivity index is 4.57. The van der Waals surface area contributed by atoms with Gasteiger partial charge in [0.2, 0.25) is 0 Å². The van der Waals surface area contributed by atoms with Gasteiger partial charge in [0.1, 0.15) is 5.54 Å². The normalized spacial score (nSPS) is 10.8. The van der Waals surface area contributed by atoms with Gasteiger partial charge in [0, 0.05) is 6.54 Å². The Kier molecular flexibility index (Phi) is 5.45. The van der Waals surface area contributed by atoms with Gasteiger partial charge in [-0.3, -0.25) is 0 Å². The maximum atomic E-state index is 11.7. The Morgan fingerprint density at radius 3 is 2.35 bits per heavy atom. The van der Waals surface area contributed by atoms with Crippen molar-refractivity contribution in [3.05, 3.63) is 0 Å². The van der Waals surface area contributed by atoms with Crippen molar-refractivity contribution < 1.29 is 14.7 Å². The minimum atomic E-state index is -1.31. The van der Waals surface area contributed by atoms with Crippen molar-refractivity contribution >= 4 is 12.1 Å². The molecule has 0 aromatic rings. The zero-order valence-electron chi connectivity index (χ0n) is 10.6. The van der Waals surface area contributed by atoms with Gasteiger partial charge < -0.3 is 10.4 Å². The summed E-state index contributed by atoms with van der Waals surface area (Å²) in [6.45, 7) is 7.02. The first-order valence-corrected chi connectivity index (χ1v) is 5.43. The smallest absolute Gasteiger partial charge is 0.415 e. The minimum absolute atomic E-state index is 0.125. The number of nitrogens with one attached hydrogen (secondary N) is 1. The van der Waals surface area contributed by atoms with E-state index in [0.717, 1.165) is 0 Å². The summed E-state index contributed by atoms with van der Waals surface area (Å²) in [7, 11) is 0. The van der Waals surface area contributed by atoms with E-state index in [9.17, 15) is 9.59 Å². The molecule has 6 heteroatoms. The Labute approximate surface area is 101 Å². The van der Waals surface area contributed by atoms with Crippen molar-refractivity contribution in [2.24, 2.45) is 5.92 Å². The van der Waals surface area contributed by atoms with Crippen LogP contribution >= 0.6 is 0 Å². The first kappa shape index (κ1) is 15.2. The maximum absolute atomic E-state index is 11.7. The molecule has 6 nitrogen and oxygen atoms in total. The number of imide groups is 1. The second-order valence-electron chi connectivity index (χ2n) is 4.78. The number of carbonyl (C=O) groups is 2. The van der Waals surface area contributed by atoms with E-state index < -0.39 is 17.7 Å². The fraction of sp³-hybridized carbons (Fsp3) is 0.727. The topological polar surface area (TPSA) is 93.4 Å². The standard InChI is InChI=1S/C11H19N3O3/c1-8(2)5-6-14(10(16)17)9(15)13-11(3,4)7-12/h8H,5-6H2,1-4H3,(H,13,15)(H,16,17). The molecular weight excluding hydrogens is 222 g/mol. The Hall–Kier alpha value is -1.77. The first-order chi connectivity index (χ1) is 7.69. The van der Waals surface area contributed by atoms with Gasteiger partial charge in [0.05, 0.1) is 6.07 Å². The van der Waals surface area contributed by atoms with E-state index in [1.807, 2.05) is 19.9 Å². The number of rotatable bonds is 4. The molecule has 0 spiro atoms. The summed E-state index contributed by atoms with van der Waals surface area (Å²) in [6, 6.07) is 1.12. The van der Waals surface area contributed by atoms with Gasteiger partial charge in [-0.15, -0.1) is 0 Å². The third-order valence-corrected chi connectivity index (χ3v) is 2.11. The first-order valence-electron chi connectivity index (χ1n) is 5.43. The molecule has 0 saturated heterocycles. The van der Waals surface area contributed by atoms with E-state index in [4.69, 9.17) is 10.4 Å². The quantitative estimate of drug-likeness (QED) is 0.787. The molecule has 96 valence electrons. The molecule has 0 rings (SSSR count). The minimum Gasteiger partial charge on any atom is -0.465 e. The predicted octanol–water partition coefficient (Wildman–Crippen LogP) is 2.02. The van der Waals surface area contributed by atoms with Crippen molar-refractivity contribution in [2.75, 3.05) is 6.54 Å². The number of hydrogen-bond acceptors (Lipinski definition) is 3. The molecular formula is C11H19N3O3. The molecule has 0 aliphatic rings. The molecule has 0 fully saturated rings. The van der Waals surface area contributed by atoms with Gasteiger partial charge in [-0.2, -0.15) is 5.26 Å². The molecule has 2 N–H and O–H groups in total. The average Bonchev–Trinajstić information content (AvgIpc) is 2.16. The molecule has 0 bridgehead atoms. The van der Waals surface area contributed by atoms with Crippen LogP contribution in [-0.4, -0.2) is 34.2 Å². The monoisotopic (exact) mass is 241 g/mol. The summed E-state index contributed by atoms with van der Waals surface area (Å²) in [5.41, 5.74) is -1.08. The summed E-state index contributed by atoms with van der Waals surface area (Å²) in [6.07, 6.45) is -0.718. The highest BCUT2D eigenvalue weighted by Crippen LogP contribution is 2.05. The van der Waals surface area contributed by atoms with Crippen molar-refractivity contribution in [1.82, 2.24) is 10.2 Å².